The smallest absolute Gasteiger partial charge is 0.411 e. The van der Waals surface area contributed by atoms with Crippen LogP contribution < -0.4 is 4.74 Å². The second-order valence-electron chi connectivity index (χ2n) is 5.96. The first kappa shape index (κ1) is 16.1. The highest BCUT2D eigenvalue weighted by Crippen LogP contribution is 2.42. The van der Waals surface area contributed by atoms with E-state index in [9.17, 15) is 9.90 Å². The summed E-state index contributed by atoms with van der Waals surface area (Å²) in [6, 6.07) is 3.31. The Labute approximate surface area is 133 Å². The van der Waals surface area contributed by atoms with Crippen molar-refractivity contribution in [3.05, 3.63) is 27.7 Å². The van der Waals surface area contributed by atoms with Crippen LogP contribution in [-0.2, 0) is 11.3 Å². The van der Waals surface area contributed by atoms with Crippen molar-refractivity contribution in [1.82, 2.24) is 4.90 Å². The van der Waals surface area contributed by atoms with E-state index in [0.29, 0.717) is 12.3 Å². The number of carbonyl (C=O) groups excluding carboxylic acids is 1. The summed E-state index contributed by atoms with van der Waals surface area (Å²) in [4.78, 5) is 13.9. The van der Waals surface area contributed by atoms with Gasteiger partial charge in [0.05, 0.1) is 30.8 Å². The Bertz CT molecular complexity index is 553. The van der Waals surface area contributed by atoms with Crippen molar-refractivity contribution in [2.45, 2.75) is 39.0 Å². The van der Waals surface area contributed by atoms with Crippen LogP contribution in [0.25, 0.3) is 0 Å². The first-order valence-electron chi connectivity index (χ1n) is 6.74. The van der Waals surface area contributed by atoms with Gasteiger partial charge in [0, 0.05) is 0 Å². The lowest BCUT2D eigenvalue weighted by atomic mass is 10.1. The van der Waals surface area contributed by atoms with Crippen LogP contribution in [0.2, 0.25) is 0 Å². The fourth-order valence-electron chi connectivity index (χ4n) is 2.40. The molecule has 0 radical (unpaired) electrons. The number of halogens is 1. The fourth-order valence-corrected chi connectivity index (χ4v) is 3.05. The van der Waals surface area contributed by atoms with Crippen LogP contribution in [0, 0.1) is 0 Å². The molecule has 6 heteroatoms. The van der Waals surface area contributed by atoms with Gasteiger partial charge in [0.1, 0.15) is 11.4 Å². The van der Waals surface area contributed by atoms with Gasteiger partial charge in [0.25, 0.3) is 0 Å². The van der Waals surface area contributed by atoms with Crippen LogP contribution in [-0.4, -0.2) is 35.4 Å². The number of hydrogen-bond acceptors (Lipinski definition) is 4. The van der Waals surface area contributed by atoms with Gasteiger partial charge in [-0.25, -0.2) is 4.79 Å². The van der Waals surface area contributed by atoms with Crippen molar-refractivity contribution in [3.8, 4) is 5.75 Å². The number of aliphatic hydroxyl groups is 1. The topological polar surface area (TPSA) is 59.0 Å². The van der Waals surface area contributed by atoms with Gasteiger partial charge in [0.15, 0.2) is 0 Å². The Morgan fingerprint density at radius 1 is 1.48 bits per heavy atom. The quantitative estimate of drug-likeness (QED) is 0.882. The summed E-state index contributed by atoms with van der Waals surface area (Å²) < 4.78 is 11.5. The maximum Gasteiger partial charge on any atom is 0.411 e. The highest BCUT2D eigenvalue weighted by molar-refractivity contribution is 9.10. The van der Waals surface area contributed by atoms with Crippen LogP contribution in [0.4, 0.5) is 4.79 Å². The van der Waals surface area contributed by atoms with Gasteiger partial charge in [-0.1, -0.05) is 6.07 Å². The van der Waals surface area contributed by atoms with Crippen molar-refractivity contribution in [1.29, 1.82) is 0 Å². The molecule has 1 N–H and O–H groups in total. The maximum absolute atomic E-state index is 12.3. The van der Waals surface area contributed by atoms with Crippen molar-refractivity contribution in [2.75, 3.05) is 13.7 Å². The van der Waals surface area contributed by atoms with Crippen molar-refractivity contribution in [2.24, 2.45) is 0 Å². The molecular weight excluding hydrogens is 338 g/mol. The lowest BCUT2D eigenvalue weighted by Gasteiger charge is -2.27. The monoisotopic (exact) mass is 357 g/mol. The van der Waals surface area contributed by atoms with Gasteiger partial charge in [-0.2, -0.15) is 0 Å². The van der Waals surface area contributed by atoms with E-state index >= 15 is 0 Å². The zero-order valence-corrected chi connectivity index (χ0v) is 14.2. The second kappa shape index (κ2) is 5.85. The summed E-state index contributed by atoms with van der Waals surface area (Å²) in [5.74, 6) is 0.705. The fraction of sp³-hybridized carbons (Fsp3) is 0.533. The molecule has 0 aliphatic carbocycles. The summed E-state index contributed by atoms with van der Waals surface area (Å²) in [5, 5.41) is 9.65. The zero-order valence-electron chi connectivity index (χ0n) is 12.6. The maximum atomic E-state index is 12.3. The zero-order chi connectivity index (χ0) is 15.8. The lowest BCUT2D eigenvalue weighted by Crippen LogP contribution is -2.36. The summed E-state index contributed by atoms with van der Waals surface area (Å²) >= 11 is 3.50. The molecule has 1 atom stereocenters. The Kier molecular flexibility index (Phi) is 4.49. The molecule has 5 nitrogen and oxygen atoms in total. The molecule has 21 heavy (non-hydrogen) atoms. The highest BCUT2D eigenvalue weighted by Gasteiger charge is 2.37. The lowest BCUT2D eigenvalue weighted by molar-refractivity contribution is 0.0110. The molecule has 0 unspecified atom stereocenters. The molecule has 0 spiro atoms. The van der Waals surface area contributed by atoms with Gasteiger partial charge < -0.3 is 14.6 Å². The minimum atomic E-state index is -0.569. The summed E-state index contributed by atoms with van der Waals surface area (Å²) in [5.41, 5.74) is 1.29. The number of hydrogen-bond donors (Lipinski definition) is 1. The second-order valence-corrected chi connectivity index (χ2v) is 6.75. The SMILES string of the molecule is COc1ccc2c(c1Br)CN(C(=O)OC(C)(C)C)[C@H]2CO. The molecule has 0 saturated heterocycles. The average molecular weight is 358 g/mol. The molecular formula is C15H20BrNO4. The van der Waals surface area contributed by atoms with Gasteiger partial charge >= 0.3 is 6.09 Å². The van der Waals surface area contributed by atoms with Gasteiger partial charge in [-0.3, -0.25) is 4.90 Å². The molecule has 1 aliphatic rings. The molecule has 1 aromatic rings. The van der Waals surface area contributed by atoms with Crippen LogP contribution in [0.1, 0.15) is 37.9 Å². The van der Waals surface area contributed by atoms with Crippen LogP contribution in [0.5, 0.6) is 5.75 Å². The van der Waals surface area contributed by atoms with E-state index in [0.717, 1.165) is 15.6 Å². The number of amides is 1. The molecule has 0 fully saturated rings. The van der Waals surface area contributed by atoms with Crippen LogP contribution in [0.15, 0.2) is 16.6 Å². The van der Waals surface area contributed by atoms with Gasteiger partial charge in [-0.05, 0) is 53.9 Å². The summed E-state index contributed by atoms with van der Waals surface area (Å²) in [6.07, 6.45) is -0.427. The summed E-state index contributed by atoms with van der Waals surface area (Å²) in [6.45, 7) is 5.70. The average Bonchev–Trinajstić information content (AvgIpc) is 2.76. The van der Waals surface area contributed by atoms with E-state index in [1.165, 1.54) is 0 Å². The third-order valence-electron chi connectivity index (χ3n) is 3.33. The van der Waals surface area contributed by atoms with Crippen LogP contribution >= 0.6 is 15.9 Å². The van der Waals surface area contributed by atoms with Gasteiger partial charge in [-0.15, -0.1) is 0 Å². The molecule has 116 valence electrons. The van der Waals surface area contributed by atoms with E-state index in [-0.39, 0.29) is 6.61 Å². The minimum absolute atomic E-state index is 0.148. The molecule has 2 rings (SSSR count). The number of fused-ring (bicyclic) bond motifs is 1. The third kappa shape index (κ3) is 3.16. The number of aliphatic hydroxyl groups excluding tert-OH is 1. The molecule has 1 aromatic carbocycles. The largest absolute Gasteiger partial charge is 0.496 e. The molecule has 1 amide bonds. The Morgan fingerprint density at radius 3 is 2.67 bits per heavy atom. The predicted octanol–water partition coefficient (Wildman–Crippen LogP) is 3.24. The summed E-state index contributed by atoms with van der Waals surface area (Å²) in [7, 11) is 1.59. The predicted molar refractivity (Wildman–Crippen MR) is 82.3 cm³/mol. The minimum Gasteiger partial charge on any atom is -0.496 e. The van der Waals surface area contributed by atoms with Crippen molar-refractivity contribution < 1.29 is 19.4 Å². The number of benzene rings is 1. The molecule has 1 aliphatic heterocycles. The van der Waals surface area contributed by atoms with E-state index in [2.05, 4.69) is 15.9 Å². The van der Waals surface area contributed by atoms with E-state index in [4.69, 9.17) is 9.47 Å². The van der Waals surface area contributed by atoms with Crippen LogP contribution in [0.3, 0.4) is 0 Å². The van der Waals surface area contributed by atoms with Crippen molar-refractivity contribution >= 4 is 22.0 Å². The first-order chi connectivity index (χ1) is 9.78. The highest BCUT2D eigenvalue weighted by atomic mass is 79.9. The molecule has 0 bridgehead atoms. The number of methoxy groups -OCH3 is 1. The Morgan fingerprint density at radius 2 is 2.14 bits per heavy atom. The van der Waals surface area contributed by atoms with Crippen molar-refractivity contribution in [3.63, 3.8) is 0 Å². The third-order valence-corrected chi connectivity index (χ3v) is 4.20. The van der Waals surface area contributed by atoms with E-state index in [1.54, 1.807) is 12.0 Å². The first-order valence-corrected chi connectivity index (χ1v) is 7.53. The van der Waals surface area contributed by atoms with Gasteiger partial charge in [0.2, 0.25) is 0 Å². The molecule has 0 saturated carbocycles. The standard InChI is InChI=1S/C15H20BrNO4/c1-15(2,3)21-14(19)17-7-10-9(11(17)8-18)5-6-12(20-4)13(10)16/h5-6,11,18H,7-8H2,1-4H3/t11-/m0/s1. The number of ether oxygens (including phenoxy) is 2. The molecule has 1 heterocycles. The number of rotatable bonds is 2. The van der Waals surface area contributed by atoms with E-state index in [1.807, 2.05) is 32.9 Å². The molecule has 0 aromatic heterocycles. The Balaban J connectivity index is 2.33. The normalized spacial score (nSPS) is 17.6. The number of carbonyl (C=O) groups is 1. The van der Waals surface area contributed by atoms with E-state index < -0.39 is 17.7 Å². The number of nitrogens with zero attached hydrogens (tertiary/aromatic N) is 1. The Hall–Kier alpha value is -1.27.